The molecule has 1 saturated carbocycles. The summed E-state index contributed by atoms with van der Waals surface area (Å²) in [6.45, 7) is 19.1. The lowest BCUT2D eigenvalue weighted by atomic mass is 9.77. The van der Waals surface area contributed by atoms with Crippen molar-refractivity contribution in [2.45, 2.75) is 257 Å². The number of phenolic OH excluding ortho intramolecular Hbond substituents is 1. The molecular weight excluding hydrogens is 1710 g/mol. The number of anilines is 1. The van der Waals surface area contributed by atoms with E-state index in [9.17, 15) is 53.7 Å². The number of carbonyl (C=O) groups is 8. The number of cyclic esters (lactones) is 1. The molecule has 132 heavy (non-hydrogen) atoms. The van der Waals surface area contributed by atoms with Crippen LogP contribution in [0.5, 0.6) is 5.75 Å². The van der Waals surface area contributed by atoms with Gasteiger partial charge >= 0.3 is 11.9 Å². The third-order valence-electron chi connectivity index (χ3n) is 25.2. The molecule has 2 bridgehead atoms. The van der Waals surface area contributed by atoms with Crippen LogP contribution >= 0.6 is 0 Å². The van der Waals surface area contributed by atoms with E-state index in [-0.39, 0.29) is 91.7 Å². The number of aromatic amines is 1. The highest BCUT2D eigenvalue weighted by molar-refractivity contribution is 6.39. The molecular formula is C97H144N10O25. The van der Waals surface area contributed by atoms with Gasteiger partial charge in [0.1, 0.15) is 77.6 Å². The number of benzene rings is 1. The number of aromatic hydroxyl groups is 1. The quantitative estimate of drug-likeness (QED) is 0.0104. The molecule has 7 heterocycles. The van der Waals surface area contributed by atoms with E-state index in [1.165, 1.54) is 18.3 Å². The van der Waals surface area contributed by atoms with Crippen molar-refractivity contribution in [3.63, 3.8) is 0 Å². The minimum absolute atomic E-state index is 0.0193. The van der Waals surface area contributed by atoms with E-state index in [1.807, 2.05) is 61.9 Å². The number of ether oxygens (including phenoxy) is 14. The van der Waals surface area contributed by atoms with Gasteiger partial charge < -0.3 is 97.3 Å². The molecule has 9 rings (SSSR count). The molecule has 4 aromatic heterocycles. The molecule has 6 N–H and O–H groups in total. The van der Waals surface area contributed by atoms with Crippen LogP contribution < -0.4 is 5.73 Å². The Kier molecular flexibility index (Phi) is 45.8. The van der Waals surface area contributed by atoms with Crippen LogP contribution in [0.1, 0.15) is 201 Å². The summed E-state index contributed by atoms with van der Waals surface area (Å²) in [4.78, 5) is 123. The lowest BCUT2D eigenvalue weighted by Gasteiger charge is -2.42. The fraction of sp³-hybridized carbons (Fsp3) is 0.680. The van der Waals surface area contributed by atoms with E-state index in [0.29, 0.717) is 242 Å². The zero-order valence-electron chi connectivity index (χ0n) is 79.0. The molecule has 5 aromatic rings. The van der Waals surface area contributed by atoms with Crippen molar-refractivity contribution in [3.05, 3.63) is 90.1 Å². The molecule has 3 fully saturated rings. The van der Waals surface area contributed by atoms with E-state index in [4.69, 9.17) is 77.1 Å². The Hall–Kier alpha value is -8.79. The van der Waals surface area contributed by atoms with Crippen LogP contribution in [0.4, 0.5) is 5.82 Å². The van der Waals surface area contributed by atoms with E-state index in [2.05, 4.69) is 25.3 Å². The van der Waals surface area contributed by atoms with E-state index >= 15 is 0 Å². The number of unbranched alkanes of at least 4 members (excludes halogenated alkanes) is 2. The molecule has 15 atom stereocenters. The van der Waals surface area contributed by atoms with Gasteiger partial charge in [0.25, 0.3) is 11.7 Å². The number of nitrogens with zero attached hydrogens (tertiary/aromatic N) is 8. The second kappa shape index (κ2) is 56.5. The van der Waals surface area contributed by atoms with Gasteiger partial charge in [-0.15, -0.1) is 5.10 Å². The third kappa shape index (κ3) is 33.6. The second-order valence-corrected chi connectivity index (χ2v) is 35.4. The number of H-pyrrole nitrogens is 1. The highest BCUT2D eigenvalue weighted by Gasteiger charge is 2.53. The number of aliphatic hydroxyl groups excluding tert-OH is 1. The Labute approximate surface area is 774 Å². The number of nitrogens with two attached hydrogens (primary N) is 1. The summed E-state index contributed by atoms with van der Waals surface area (Å²) < 4.78 is 84.3. The van der Waals surface area contributed by atoms with Crippen LogP contribution in [0.3, 0.4) is 0 Å². The van der Waals surface area contributed by atoms with Crippen LogP contribution in [0.2, 0.25) is 0 Å². The van der Waals surface area contributed by atoms with Crippen molar-refractivity contribution in [1.82, 2.24) is 44.6 Å². The van der Waals surface area contributed by atoms with Crippen molar-refractivity contribution >= 4 is 74.5 Å². The fourth-order valence-electron chi connectivity index (χ4n) is 17.4. The van der Waals surface area contributed by atoms with Crippen molar-refractivity contribution in [2.24, 2.45) is 35.5 Å². The fourth-order valence-corrected chi connectivity index (χ4v) is 17.4. The second-order valence-electron chi connectivity index (χ2n) is 35.4. The predicted octanol–water partition coefficient (Wildman–Crippen LogP) is 11.1. The number of aryl methyl sites for hydroxylation is 1. The van der Waals surface area contributed by atoms with Gasteiger partial charge in [0.2, 0.25) is 5.79 Å². The molecule has 35 nitrogen and oxygen atoms in total. The van der Waals surface area contributed by atoms with E-state index in [0.717, 1.165) is 41.4 Å². The van der Waals surface area contributed by atoms with E-state index < -0.39 is 89.6 Å². The first-order valence-electron chi connectivity index (χ1n) is 47.2. The van der Waals surface area contributed by atoms with Gasteiger partial charge in [-0.1, -0.05) is 82.7 Å². The van der Waals surface area contributed by atoms with Crippen LogP contribution in [-0.2, 0) is 118 Å². The topological polar surface area (TPSA) is 446 Å². The number of rotatable bonds is 48. The number of methoxy groups -OCH3 is 3. The smallest absolute Gasteiger partial charge is 0.329 e. The Morgan fingerprint density at radius 1 is 0.689 bits per heavy atom. The Morgan fingerprint density at radius 3 is 2.00 bits per heavy atom. The zero-order valence-corrected chi connectivity index (χ0v) is 79.0. The summed E-state index contributed by atoms with van der Waals surface area (Å²) in [5.74, 6) is -8.21. The Balaban J connectivity index is 0.582. The first-order chi connectivity index (χ1) is 63.7. The van der Waals surface area contributed by atoms with Gasteiger partial charge in [0.15, 0.2) is 11.4 Å². The SMILES string of the molecule is CO[C@H]1C[C@@H]2CC[C@@H](C)[C@@](O)(O2)C(=O)C(=O)N2CCCC[C@H]2C(=O)O[C@H]([C@H](C)C[C@@H]2CC[C@H](n3cc(COC(=O)CCCOCCOCCOCCOCCC(=O)CCCOCCOCCOCCOCCC(=O)CCCCCn4nc(-c5cc6cc(O)ccc6[nH]5)c5c(N)ncnc54)nn3)[C@H](OC)C2)CC(=O)[C@H](C)/C=C(\C)[C@@H](O)[C@@H](OC)C(=O)[C@H](C)C[C@H](C)/C=C/C=C/C=C/1C. The van der Waals surface area contributed by atoms with E-state index in [1.54, 1.807) is 77.1 Å². The number of esters is 2. The van der Waals surface area contributed by atoms with Crippen molar-refractivity contribution in [2.75, 3.05) is 139 Å². The van der Waals surface area contributed by atoms with Crippen LogP contribution in [-0.4, -0.2) is 289 Å². The highest BCUT2D eigenvalue weighted by Crippen LogP contribution is 2.41. The summed E-state index contributed by atoms with van der Waals surface area (Å²) >= 11 is 0. The third-order valence-corrected chi connectivity index (χ3v) is 25.2. The molecule has 35 heteroatoms. The van der Waals surface area contributed by atoms with Gasteiger partial charge in [-0.2, -0.15) is 5.10 Å². The summed E-state index contributed by atoms with van der Waals surface area (Å²) in [6, 6.07) is 5.60. The van der Waals surface area contributed by atoms with Gasteiger partial charge in [0.05, 0.1) is 134 Å². The average molecular weight is 1850 g/mol. The number of aromatic nitrogens is 8. The monoisotopic (exact) mass is 1850 g/mol. The maximum atomic E-state index is 14.8. The molecule has 2 saturated heterocycles. The summed E-state index contributed by atoms with van der Waals surface area (Å²) in [6.07, 6.45) is 19.4. The molecule has 3 aliphatic heterocycles. The average Bonchev–Trinajstić information content (AvgIpc) is 1.62. The number of nitrogens with one attached hydrogen (secondary N) is 1. The van der Waals surface area contributed by atoms with Crippen LogP contribution in [0.25, 0.3) is 33.3 Å². The number of fused-ring (bicyclic) bond motifs is 5. The molecule has 0 spiro atoms. The maximum absolute atomic E-state index is 14.8. The normalized spacial score (nSPS) is 25.9. The molecule has 732 valence electrons. The predicted molar refractivity (Wildman–Crippen MR) is 489 cm³/mol. The lowest BCUT2D eigenvalue weighted by molar-refractivity contribution is -0.265. The zero-order chi connectivity index (χ0) is 94.9. The largest absolute Gasteiger partial charge is 0.508 e. The Morgan fingerprint density at radius 2 is 1.34 bits per heavy atom. The number of nitrogen functional groups attached to an aromatic ring is 1. The molecule has 0 unspecified atom stereocenters. The number of ketones is 5. The maximum Gasteiger partial charge on any atom is 0.329 e. The number of aliphatic hydroxyl groups is 2. The molecule has 1 aliphatic carbocycles. The minimum Gasteiger partial charge on any atom is -0.508 e. The molecule has 1 amide bonds. The summed E-state index contributed by atoms with van der Waals surface area (Å²) in [7, 11) is 4.57. The molecule has 4 aliphatic rings. The first kappa shape index (κ1) is 107. The van der Waals surface area contributed by atoms with Crippen molar-refractivity contribution < 1.29 is 120 Å². The number of carbonyl (C=O) groups excluding carboxylic acids is 8. The highest BCUT2D eigenvalue weighted by atomic mass is 16.6. The number of hydrogen-bond acceptors (Lipinski definition) is 31. The number of amides is 1. The van der Waals surface area contributed by atoms with Gasteiger partial charge in [-0.25, -0.2) is 24.1 Å². The first-order valence-corrected chi connectivity index (χ1v) is 47.2. The summed E-state index contributed by atoms with van der Waals surface area (Å²) in [5.41, 5.74) is 10.8. The van der Waals surface area contributed by atoms with Gasteiger partial charge in [-0.05, 0) is 157 Å². The standard InChI is InChI=1S/C97H144N10O25/c1-64-21-13-11-14-22-65(2)83(119-8)59-77-30-27-70(7)97(118,132-77)92(115)95(116)105-35-18-16-25-81(105)96(117)131-84(60-82(111)66(3)54-69(6)90(114)91(121-10)89(113)68(5)53-64)67(4)55-71-28-32-80(85(56-71)120-9)107-61-73(102-104-107)62-130-86(112)26-20-38-123-42-46-127-50-52-129-48-44-125-40-34-75(109)24-19-37-122-41-45-126-49-51-128-47-43-124-39-33-74(108)23-15-12-17-36-106-94-87(93(98)99-63-100-94)88(103-106)79-58-72-57-76(110)29-31-78(72)101-79/h11,13-14,21-22,29,31,54,57-58,61,63-64,66-68,70-71,77,80-81,83-85,90-91,101,110,114,118H,12,15-20,23-28,30,32-53,55-56,59-60,62H2,1-10H3,(H2,98,99,100)/b14-11+,21-13+,65-22+,69-54+/t64-,66-,67-,68-,70-,71+,77+,80+,81+,83+,84+,85-,90-,91+,97-/m1/s1. The van der Waals surface area contributed by atoms with Gasteiger partial charge in [0, 0.05) is 121 Å². The number of piperidine rings is 1. The van der Waals surface area contributed by atoms with Crippen molar-refractivity contribution in [1.29, 1.82) is 0 Å². The minimum atomic E-state index is -2.48. The molecule has 0 radical (unpaired) electrons. The van der Waals surface area contributed by atoms with Crippen LogP contribution in [0.15, 0.2) is 84.4 Å². The number of allylic oxidation sites excluding steroid dienone is 6. The summed E-state index contributed by atoms with van der Waals surface area (Å²) in [5, 5.41) is 48.8. The van der Waals surface area contributed by atoms with Crippen LogP contribution in [0, 0.1) is 35.5 Å². The number of phenols is 1. The van der Waals surface area contributed by atoms with Crippen molar-refractivity contribution in [3.8, 4) is 17.1 Å². The number of Topliss-reactive ketones (excluding diaryl/α,β-unsaturated/α-hetero) is 5. The number of hydrogen-bond donors (Lipinski definition) is 5. The lowest BCUT2D eigenvalue weighted by Crippen LogP contribution is -2.61. The van der Waals surface area contributed by atoms with Gasteiger partial charge in [-0.3, -0.25) is 33.6 Å². The molecule has 1 aromatic carbocycles. The Bertz CT molecular complexity index is 4560.